The molecule has 0 aliphatic carbocycles. The summed E-state index contributed by atoms with van der Waals surface area (Å²) in [5.41, 5.74) is 0. The zero-order chi connectivity index (χ0) is 16.9. The lowest BCUT2D eigenvalue weighted by atomic mass is 10.1. The first-order chi connectivity index (χ1) is 10.9. The largest absolute Gasteiger partial charge is 0.378 e. The van der Waals surface area contributed by atoms with Gasteiger partial charge in [-0.1, -0.05) is 0 Å². The van der Waals surface area contributed by atoms with Crippen LogP contribution in [0.4, 0.5) is 0 Å². The van der Waals surface area contributed by atoms with E-state index >= 15 is 0 Å². The van der Waals surface area contributed by atoms with E-state index in [1.807, 2.05) is 6.92 Å². The zero-order valence-corrected chi connectivity index (χ0v) is 17.9. The topological polar surface area (TPSA) is 97.0 Å². The average Bonchev–Trinajstić information content (AvgIpc) is 2.99. The van der Waals surface area contributed by atoms with Gasteiger partial charge < -0.3 is 15.0 Å². The van der Waals surface area contributed by atoms with E-state index < -0.39 is 10.0 Å². The van der Waals surface area contributed by atoms with Crippen molar-refractivity contribution in [3.63, 3.8) is 0 Å². The SMILES string of the molecule is CCOC1CCN(C(=NC)NCc2ccc(S(N)(=O)=O)s2)CC1.I. The molecule has 3 N–H and O–H groups in total. The summed E-state index contributed by atoms with van der Waals surface area (Å²) >= 11 is 1.18. The summed E-state index contributed by atoms with van der Waals surface area (Å²) in [6.45, 7) is 5.10. The summed E-state index contributed by atoms with van der Waals surface area (Å²) < 4.78 is 28.4. The molecule has 1 fully saturated rings. The van der Waals surface area contributed by atoms with Crippen molar-refractivity contribution in [3.05, 3.63) is 17.0 Å². The second-order valence-corrected chi connectivity index (χ2v) is 8.26. The summed E-state index contributed by atoms with van der Waals surface area (Å²) in [6, 6.07) is 3.30. The molecule has 1 aliphatic rings. The Hall–Kier alpha value is -0.430. The number of nitrogens with two attached hydrogens (primary N) is 1. The van der Waals surface area contributed by atoms with Gasteiger partial charge in [-0.3, -0.25) is 4.99 Å². The quantitative estimate of drug-likeness (QED) is 0.373. The molecule has 7 nitrogen and oxygen atoms in total. The number of thiophene rings is 1. The van der Waals surface area contributed by atoms with Crippen LogP contribution in [0.15, 0.2) is 21.3 Å². The average molecular weight is 488 g/mol. The monoisotopic (exact) mass is 488 g/mol. The van der Waals surface area contributed by atoms with Gasteiger partial charge in [0.2, 0.25) is 10.0 Å². The number of sulfonamides is 1. The van der Waals surface area contributed by atoms with Crippen LogP contribution in [-0.2, 0) is 21.3 Å². The lowest BCUT2D eigenvalue weighted by Gasteiger charge is -2.34. The molecule has 0 radical (unpaired) electrons. The van der Waals surface area contributed by atoms with Gasteiger partial charge in [0, 0.05) is 31.6 Å². The van der Waals surface area contributed by atoms with Gasteiger partial charge in [0.1, 0.15) is 4.21 Å². The van der Waals surface area contributed by atoms with Crippen LogP contribution in [0.3, 0.4) is 0 Å². The maximum atomic E-state index is 11.3. The number of hydrogen-bond donors (Lipinski definition) is 2. The van der Waals surface area contributed by atoms with Gasteiger partial charge in [0.05, 0.1) is 12.6 Å². The van der Waals surface area contributed by atoms with Crippen LogP contribution in [0.2, 0.25) is 0 Å². The van der Waals surface area contributed by atoms with Crippen molar-refractivity contribution in [2.75, 3.05) is 26.7 Å². The van der Waals surface area contributed by atoms with Crippen molar-refractivity contribution < 1.29 is 13.2 Å². The number of primary sulfonamides is 1. The fourth-order valence-corrected chi connectivity index (χ4v) is 4.29. The number of piperidine rings is 1. The summed E-state index contributed by atoms with van der Waals surface area (Å²) in [7, 11) is -1.87. The molecule has 0 amide bonds. The van der Waals surface area contributed by atoms with Gasteiger partial charge in [-0.05, 0) is 31.9 Å². The molecule has 2 heterocycles. The van der Waals surface area contributed by atoms with Crippen LogP contribution >= 0.6 is 35.3 Å². The van der Waals surface area contributed by atoms with Crippen molar-refractivity contribution in [2.24, 2.45) is 10.1 Å². The third kappa shape index (κ3) is 6.14. The molecule has 1 aromatic rings. The number of nitrogens with zero attached hydrogens (tertiary/aromatic N) is 2. The molecule has 0 saturated carbocycles. The Kier molecular flexibility index (Phi) is 8.91. The predicted octanol–water partition coefficient (Wildman–Crippen LogP) is 1.59. The Morgan fingerprint density at radius 3 is 2.62 bits per heavy atom. The second-order valence-electron chi connectivity index (χ2n) is 5.31. The van der Waals surface area contributed by atoms with Crippen LogP contribution in [0.5, 0.6) is 0 Å². The van der Waals surface area contributed by atoms with Gasteiger partial charge in [0.15, 0.2) is 5.96 Å². The van der Waals surface area contributed by atoms with Gasteiger partial charge in [-0.15, -0.1) is 35.3 Å². The molecule has 2 rings (SSSR count). The molecule has 138 valence electrons. The molecule has 0 spiro atoms. The normalized spacial score (nSPS) is 16.8. The molecule has 10 heteroatoms. The van der Waals surface area contributed by atoms with Gasteiger partial charge >= 0.3 is 0 Å². The van der Waals surface area contributed by atoms with Crippen molar-refractivity contribution in [1.29, 1.82) is 0 Å². The fourth-order valence-electron chi connectivity index (χ4n) is 2.57. The summed E-state index contributed by atoms with van der Waals surface area (Å²) in [5.74, 6) is 0.825. The summed E-state index contributed by atoms with van der Waals surface area (Å²) in [4.78, 5) is 7.41. The summed E-state index contributed by atoms with van der Waals surface area (Å²) in [5, 5.41) is 8.40. The van der Waals surface area contributed by atoms with E-state index in [-0.39, 0.29) is 28.2 Å². The molecule has 0 unspecified atom stereocenters. The van der Waals surface area contributed by atoms with Crippen LogP contribution in [0, 0.1) is 0 Å². The van der Waals surface area contributed by atoms with E-state index in [4.69, 9.17) is 9.88 Å². The highest BCUT2D eigenvalue weighted by atomic mass is 127. The number of nitrogens with one attached hydrogen (secondary N) is 1. The maximum absolute atomic E-state index is 11.3. The maximum Gasteiger partial charge on any atom is 0.247 e. The van der Waals surface area contributed by atoms with Gasteiger partial charge in [-0.2, -0.15) is 0 Å². The lowest BCUT2D eigenvalue weighted by molar-refractivity contribution is 0.0263. The van der Waals surface area contributed by atoms with Crippen LogP contribution in [-0.4, -0.2) is 52.1 Å². The highest BCUT2D eigenvalue weighted by Gasteiger charge is 2.21. The fraction of sp³-hybridized carbons (Fsp3) is 0.643. The first-order valence-corrected chi connectivity index (χ1v) is 9.99. The molecule has 1 saturated heterocycles. The van der Waals surface area contributed by atoms with E-state index in [1.54, 1.807) is 13.1 Å². The Balaban J connectivity index is 0.00000288. The zero-order valence-electron chi connectivity index (χ0n) is 13.9. The van der Waals surface area contributed by atoms with E-state index in [2.05, 4.69) is 15.2 Å². The first-order valence-electron chi connectivity index (χ1n) is 7.62. The number of halogens is 1. The van der Waals surface area contributed by atoms with E-state index in [0.29, 0.717) is 12.6 Å². The number of guanidine groups is 1. The summed E-state index contributed by atoms with van der Waals surface area (Å²) in [6.07, 6.45) is 2.32. The van der Waals surface area contributed by atoms with Crippen LogP contribution in [0.25, 0.3) is 0 Å². The van der Waals surface area contributed by atoms with Gasteiger partial charge in [-0.25, -0.2) is 13.6 Å². The third-order valence-corrected chi connectivity index (χ3v) is 6.22. The van der Waals surface area contributed by atoms with Crippen LogP contribution < -0.4 is 10.5 Å². The molecule has 0 aromatic carbocycles. The molecule has 1 aliphatic heterocycles. The van der Waals surface area contributed by atoms with E-state index in [9.17, 15) is 8.42 Å². The number of ether oxygens (including phenoxy) is 1. The standard InChI is InChI=1S/C14H24N4O3S2.HI/c1-3-21-11-6-8-18(9-7-11)14(16-2)17-10-12-4-5-13(22-12)23(15,19)20;/h4-5,11H,3,6-10H2,1-2H3,(H,16,17)(H2,15,19,20);1H. The predicted molar refractivity (Wildman–Crippen MR) is 108 cm³/mol. The third-order valence-electron chi connectivity index (χ3n) is 3.69. The molecule has 1 aromatic heterocycles. The van der Waals surface area contributed by atoms with Gasteiger partial charge in [0.25, 0.3) is 0 Å². The van der Waals surface area contributed by atoms with Crippen molar-refractivity contribution in [2.45, 2.75) is 36.6 Å². The smallest absolute Gasteiger partial charge is 0.247 e. The molecular weight excluding hydrogens is 463 g/mol. The number of aliphatic imine (C=N–C) groups is 1. The molecule has 0 bridgehead atoms. The minimum atomic E-state index is -3.62. The number of rotatable bonds is 5. The number of likely N-dealkylation sites (tertiary alicyclic amines) is 1. The highest BCUT2D eigenvalue weighted by molar-refractivity contribution is 14.0. The number of hydrogen-bond acceptors (Lipinski definition) is 5. The Labute approximate surface area is 164 Å². The first kappa shape index (κ1) is 21.6. The van der Waals surface area contributed by atoms with E-state index in [0.717, 1.165) is 43.4 Å². The Bertz CT molecular complexity index is 640. The Morgan fingerprint density at radius 1 is 1.46 bits per heavy atom. The second kappa shape index (κ2) is 9.90. The van der Waals surface area contributed by atoms with Crippen LogP contribution in [0.1, 0.15) is 24.6 Å². The van der Waals surface area contributed by atoms with Crippen molar-refractivity contribution in [1.82, 2.24) is 10.2 Å². The molecule has 24 heavy (non-hydrogen) atoms. The minimum Gasteiger partial charge on any atom is -0.378 e. The van der Waals surface area contributed by atoms with Crippen molar-refractivity contribution >= 4 is 51.3 Å². The Morgan fingerprint density at radius 2 is 2.12 bits per heavy atom. The molecular formula is C14H25IN4O3S2. The minimum absolute atomic E-state index is 0. The lowest BCUT2D eigenvalue weighted by Crippen LogP contribution is -2.46. The van der Waals surface area contributed by atoms with Crippen molar-refractivity contribution in [3.8, 4) is 0 Å². The van der Waals surface area contributed by atoms with E-state index in [1.165, 1.54) is 17.4 Å². The molecule has 0 atom stereocenters. The highest BCUT2D eigenvalue weighted by Crippen LogP contribution is 2.20.